The first-order valence-corrected chi connectivity index (χ1v) is 7.58. The zero-order valence-corrected chi connectivity index (χ0v) is 14.2. The standard InChI is InChI=1S/C16H23FN2O4/c1-6-10-18(15(20)23-16(4,5)7-2)14-11(3)8-9-12(13(14)17)19(21)22/h8-9H,6-7,10H2,1-5H3. The minimum atomic E-state index is -1.02. The number of amides is 1. The van der Waals surface area contributed by atoms with Crippen molar-refractivity contribution in [3.63, 3.8) is 0 Å². The Morgan fingerprint density at radius 2 is 2.00 bits per heavy atom. The van der Waals surface area contributed by atoms with Crippen LogP contribution in [0.1, 0.15) is 46.1 Å². The van der Waals surface area contributed by atoms with Gasteiger partial charge >= 0.3 is 11.8 Å². The molecule has 0 saturated carbocycles. The van der Waals surface area contributed by atoms with Gasteiger partial charge in [-0.25, -0.2) is 4.79 Å². The molecule has 128 valence electrons. The Bertz CT molecular complexity index is 602. The lowest BCUT2D eigenvalue weighted by Gasteiger charge is -2.29. The van der Waals surface area contributed by atoms with Crippen molar-refractivity contribution in [2.24, 2.45) is 0 Å². The van der Waals surface area contributed by atoms with E-state index in [1.165, 1.54) is 6.07 Å². The summed E-state index contributed by atoms with van der Waals surface area (Å²) in [4.78, 5) is 23.7. The van der Waals surface area contributed by atoms with Gasteiger partial charge in [0.15, 0.2) is 0 Å². The number of nitrogens with zero attached hydrogens (tertiary/aromatic N) is 2. The molecule has 7 heteroatoms. The highest BCUT2D eigenvalue weighted by Gasteiger charge is 2.30. The molecule has 0 aliphatic carbocycles. The molecule has 1 aromatic carbocycles. The maximum absolute atomic E-state index is 14.5. The summed E-state index contributed by atoms with van der Waals surface area (Å²) >= 11 is 0. The van der Waals surface area contributed by atoms with E-state index in [1.807, 2.05) is 13.8 Å². The number of aryl methyl sites for hydroxylation is 1. The Kier molecular flexibility index (Phi) is 6.06. The molecule has 0 atom stereocenters. The summed E-state index contributed by atoms with van der Waals surface area (Å²) in [6, 6.07) is 2.52. The van der Waals surface area contributed by atoms with Gasteiger partial charge in [0.05, 0.1) is 10.6 Å². The van der Waals surface area contributed by atoms with Gasteiger partial charge in [0.1, 0.15) is 5.60 Å². The minimum absolute atomic E-state index is 0.0991. The monoisotopic (exact) mass is 326 g/mol. The Labute approximate surface area is 135 Å². The number of nitro groups is 1. The van der Waals surface area contributed by atoms with E-state index in [1.54, 1.807) is 20.8 Å². The van der Waals surface area contributed by atoms with Crippen LogP contribution in [0.2, 0.25) is 0 Å². The van der Waals surface area contributed by atoms with E-state index < -0.39 is 28.1 Å². The zero-order valence-electron chi connectivity index (χ0n) is 14.2. The van der Waals surface area contributed by atoms with Crippen molar-refractivity contribution in [1.29, 1.82) is 0 Å². The number of halogens is 1. The van der Waals surface area contributed by atoms with Gasteiger partial charge in [-0.05, 0) is 39.2 Å². The second-order valence-corrected chi connectivity index (χ2v) is 5.95. The number of nitro benzene ring substituents is 1. The van der Waals surface area contributed by atoms with Gasteiger partial charge in [-0.2, -0.15) is 4.39 Å². The number of hydrogen-bond acceptors (Lipinski definition) is 4. The molecule has 0 aliphatic rings. The summed E-state index contributed by atoms with van der Waals surface area (Å²) in [5, 5.41) is 10.9. The van der Waals surface area contributed by atoms with Gasteiger partial charge in [-0.15, -0.1) is 0 Å². The quantitative estimate of drug-likeness (QED) is 0.566. The predicted octanol–water partition coefficient (Wildman–Crippen LogP) is 4.58. The van der Waals surface area contributed by atoms with Crippen LogP contribution in [0.3, 0.4) is 0 Å². The molecule has 1 amide bonds. The summed E-state index contributed by atoms with van der Waals surface area (Å²) < 4.78 is 20.0. The van der Waals surface area contributed by atoms with Crippen LogP contribution in [0, 0.1) is 22.9 Å². The average molecular weight is 326 g/mol. The largest absolute Gasteiger partial charge is 0.443 e. The second kappa shape index (κ2) is 7.39. The van der Waals surface area contributed by atoms with Crippen LogP contribution < -0.4 is 4.90 Å². The van der Waals surface area contributed by atoms with E-state index in [4.69, 9.17) is 4.74 Å². The third-order valence-electron chi connectivity index (χ3n) is 3.65. The first kappa shape index (κ1) is 18.9. The van der Waals surface area contributed by atoms with E-state index in [9.17, 15) is 19.3 Å². The molecule has 0 heterocycles. The van der Waals surface area contributed by atoms with Crippen molar-refractivity contribution in [1.82, 2.24) is 0 Å². The summed E-state index contributed by atoms with van der Waals surface area (Å²) in [5.74, 6) is -1.02. The van der Waals surface area contributed by atoms with Gasteiger partial charge in [0.25, 0.3) is 0 Å². The Morgan fingerprint density at radius 3 is 2.48 bits per heavy atom. The lowest BCUT2D eigenvalue weighted by Crippen LogP contribution is -2.39. The van der Waals surface area contributed by atoms with E-state index in [0.29, 0.717) is 18.4 Å². The predicted molar refractivity (Wildman–Crippen MR) is 86.3 cm³/mol. The molecule has 0 N–H and O–H groups in total. The fraction of sp³-hybridized carbons (Fsp3) is 0.562. The number of ether oxygens (including phenoxy) is 1. The van der Waals surface area contributed by atoms with Crippen molar-refractivity contribution in [3.8, 4) is 0 Å². The molecule has 0 fully saturated rings. The molecule has 0 bridgehead atoms. The normalized spacial score (nSPS) is 11.2. The number of carbonyl (C=O) groups excluding carboxylic acids is 1. The number of hydrogen-bond donors (Lipinski definition) is 0. The Morgan fingerprint density at radius 1 is 1.39 bits per heavy atom. The second-order valence-electron chi connectivity index (χ2n) is 5.95. The maximum Gasteiger partial charge on any atom is 0.414 e. The number of rotatable bonds is 6. The summed E-state index contributed by atoms with van der Waals surface area (Å²) in [7, 11) is 0. The van der Waals surface area contributed by atoms with E-state index >= 15 is 0 Å². The molecule has 23 heavy (non-hydrogen) atoms. The third kappa shape index (κ3) is 4.40. The van der Waals surface area contributed by atoms with Crippen LogP contribution in [-0.2, 0) is 4.74 Å². The van der Waals surface area contributed by atoms with Crippen LogP contribution in [-0.4, -0.2) is 23.2 Å². The highest BCUT2D eigenvalue weighted by atomic mass is 19.1. The molecule has 0 radical (unpaired) electrons. The van der Waals surface area contributed by atoms with Crippen molar-refractivity contribution < 1.29 is 18.8 Å². The molecule has 0 saturated heterocycles. The summed E-state index contributed by atoms with van der Waals surface area (Å²) in [6.07, 6.45) is 0.444. The van der Waals surface area contributed by atoms with Gasteiger partial charge in [0.2, 0.25) is 5.82 Å². The molecule has 0 unspecified atom stereocenters. The van der Waals surface area contributed by atoms with E-state index in [2.05, 4.69) is 0 Å². The maximum atomic E-state index is 14.5. The van der Waals surface area contributed by atoms with Crippen LogP contribution in [0.15, 0.2) is 12.1 Å². The van der Waals surface area contributed by atoms with Gasteiger partial charge in [-0.1, -0.05) is 19.9 Å². The molecule has 6 nitrogen and oxygen atoms in total. The van der Waals surface area contributed by atoms with Crippen LogP contribution in [0.4, 0.5) is 20.6 Å². The summed E-state index contributed by atoms with van der Waals surface area (Å²) in [6.45, 7) is 9.02. The van der Waals surface area contributed by atoms with Crippen LogP contribution >= 0.6 is 0 Å². The van der Waals surface area contributed by atoms with Crippen molar-refractivity contribution in [2.45, 2.75) is 53.1 Å². The molecule has 0 aliphatic heterocycles. The SMILES string of the molecule is CCCN(C(=O)OC(C)(C)CC)c1c(C)ccc([N+](=O)[O-])c1F. The molecule has 1 aromatic rings. The average Bonchev–Trinajstić information content (AvgIpc) is 2.45. The summed E-state index contributed by atoms with van der Waals surface area (Å²) in [5.41, 5.74) is -1.02. The molecule has 0 spiro atoms. The topological polar surface area (TPSA) is 72.7 Å². The first-order chi connectivity index (χ1) is 10.6. The van der Waals surface area contributed by atoms with Gasteiger partial charge in [-0.3, -0.25) is 15.0 Å². The van der Waals surface area contributed by atoms with Crippen LogP contribution in [0.5, 0.6) is 0 Å². The highest BCUT2D eigenvalue weighted by Crippen LogP contribution is 2.32. The van der Waals surface area contributed by atoms with Crippen molar-refractivity contribution in [2.75, 3.05) is 11.4 Å². The first-order valence-electron chi connectivity index (χ1n) is 7.58. The third-order valence-corrected chi connectivity index (χ3v) is 3.65. The van der Waals surface area contributed by atoms with Gasteiger partial charge < -0.3 is 4.74 Å². The minimum Gasteiger partial charge on any atom is -0.443 e. The Hall–Kier alpha value is -2.18. The fourth-order valence-electron chi connectivity index (χ4n) is 2.00. The highest BCUT2D eigenvalue weighted by molar-refractivity contribution is 5.89. The number of anilines is 1. The smallest absolute Gasteiger partial charge is 0.414 e. The number of benzene rings is 1. The van der Waals surface area contributed by atoms with E-state index in [0.717, 1.165) is 11.0 Å². The van der Waals surface area contributed by atoms with Crippen molar-refractivity contribution in [3.05, 3.63) is 33.6 Å². The molecule has 0 aromatic heterocycles. The molecule has 1 rings (SSSR count). The van der Waals surface area contributed by atoms with Crippen LogP contribution in [0.25, 0.3) is 0 Å². The lowest BCUT2D eigenvalue weighted by atomic mass is 10.1. The molecular weight excluding hydrogens is 303 g/mol. The van der Waals surface area contributed by atoms with Crippen molar-refractivity contribution >= 4 is 17.5 Å². The Balaban J connectivity index is 3.33. The fourth-order valence-corrected chi connectivity index (χ4v) is 2.00. The van der Waals surface area contributed by atoms with E-state index in [-0.39, 0.29) is 12.2 Å². The van der Waals surface area contributed by atoms with Gasteiger partial charge in [0, 0.05) is 12.6 Å². The number of carbonyl (C=O) groups is 1. The zero-order chi connectivity index (χ0) is 17.8. The lowest BCUT2D eigenvalue weighted by molar-refractivity contribution is -0.387. The molecular formula is C16H23FN2O4.